The molecule has 6 nitrogen and oxygen atoms in total. The number of piperidine rings is 1. The SMILES string of the molecule is Cn1cnc2c(-c3ccccc3)nc(C3CCN(C(=O)c4cccnc4)CC3)cc21. The molecule has 0 aliphatic carbocycles. The van der Waals surface area contributed by atoms with Crippen molar-refractivity contribution in [2.75, 3.05) is 13.1 Å². The lowest BCUT2D eigenvalue weighted by molar-refractivity contribution is 0.0711. The van der Waals surface area contributed by atoms with Gasteiger partial charge in [-0.25, -0.2) is 4.98 Å². The average Bonchev–Trinajstić information content (AvgIpc) is 3.20. The first-order valence-electron chi connectivity index (χ1n) is 10.3. The second-order valence-electron chi connectivity index (χ2n) is 7.79. The zero-order valence-electron chi connectivity index (χ0n) is 16.9. The molecule has 1 aliphatic heterocycles. The number of likely N-dealkylation sites (tertiary alicyclic amines) is 1. The number of fused-ring (bicyclic) bond motifs is 1. The highest BCUT2D eigenvalue weighted by Crippen LogP contribution is 2.33. The van der Waals surface area contributed by atoms with Gasteiger partial charge in [0.25, 0.3) is 5.91 Å². The fraction of sp³-hybridized carbons (Fsp3) is 0.250. The highest BCUT2D eigenvalue weighted by Gasteiger charge is 2.26. The molecule has 5 rings (SSSR count). The summed E-state index contributed by atoms with van der Waals surface area (Å²) < 4.78 is 2.05. The molecule has 0 radical (unpaired) electrons. The van der Waals surface area contributed by atoms with Gasteiger partial charge in [0.1, 0.15) is 5.52 Å². The molecule has 1 fully saturated rings. The first-order chi connectivity index (χ1) is 14.7. The van der Waals surface area contributed by atoms with Gasteiger partial charge >= 0.3 is 0 Å². The van der Waals surface area contributed by atoms with Crippen molar-refractivity contribution in [1.82, 2.24) is 24.4 Å². The molecular weight excluding hydrogens is 374 g/mol. The van der Waals surface area contributed by atoms with Crippen LogP contribution in [0.25, 0.3) is 22.3 Å². The maximum atomic E-state index is 12.7. The molecule has 0 unspecified atom stereocenters. The van der Waals surface area contributed by atoms with Crippen LogP contribution in [0, 0.1) is 0 Å². The molecule has 0 saturated carbocycles. The van der Waals surface area contributed by atoms with Crippen molar-refractivity contribution in [1.29, 1.82) is 0 Å². The van der Waals surface area contributed by atoms with Crippen molar-refractivity contribution >= 4 is 16.9 Å². The van der Waals surface area contributed by atoms with Gasteiger partial charge in [-0.15, -0.1) is 0 Å². The number of hydrogen-bond donors (Lipinski definition) is 0. The predicted molar refractivity (Wildman–Crippen MR) is 116 cm³/mol. The summed E-state index contributed by atoms with van der Waals surface area (Å²) in [5, 5.41) is 0. The lowest BCUT2D eigenvalue weighted by Gasteiger charge is -2.32. The van der Waals surface area contributed by atoms with Gasteiger partial charge in [0.2, 0.25) is 0 Å². The highest BCUT2D eigenvalue weighted by molar-refractivity contribution is 5.94. The van der Waals surface area contributed by atoms with Crippen molar-refractivity contribution in [3.8, 4) is 11.3 Å². The second kappa shape index (κ2) is 7.71. The minimum absolute atomic E-state index is 0.0570. The van der Waals surface area contributed by atoms with Gasteiger partial charge in [0.15, 0.2) is 0 Å². The summed E-state index contributed by atoms with van der Waals surface area (Å²) in [5.41, 5.74) is 5.75. The third kappa shape index (κ3) is 3.34. The van der Waals surface area contributed by atoms with Crippen LogP contribution in [0.15, 0.2) is 67.3 Å². The Balaban J connectivity index is 1.42. The molecule has 150 valence electrons. The number of pyridine rings is 2. The van der Waals surface area contributed by atoms with Crippen LogP contribution in [0.2, 0.25) is 0 Å². The van der Waals surface area contributed by atoms with Gasteiger partial charge in [-0.2, -0.15) is 0 Å². The Kier molecular flexibility index (Phi) is 4.75. The van der Waals surface area contributed by atoms with Crippen molar-refractivity contribution < 1.29 is 4.79 Å². The van der Waals surface area contributed by atoms with Crippen molar-refractivity contribution in [3.63, 3.8) is 0 Å². The fourth-order valence-electron chi connectivity index (χ4n) is 4.20. The van der Waals surface area contributed by atoms with Crippen molar-refractivity contribution in [3.05, 3.63) is 78.5 Å². The van der Waals surface area contributed by atoms with Crippen LogP contribution in [-0.2, 0) is 7.05 Å². The van der Waals surface area contributed by atoms with Crippen LogP contribution >= 0.6 is 0 Å². The van der Waals surface area contributed by atoms with Crippen molar-refractivity contribution in [2.45, 2.75) is 18.8 Å². The number of imidazole rings is 1. The molecular formula is C24H23N5O. The van der Waals surface area contributed by atoms with Gasteiger partial charge < -0.3 is 9.47 Å². The largest absolute Gasteiger partial charge is 0.339 e. The molecule has 4 heterocycles. The van der Waals surface area contributed by atoms with Gasteiger partial charge in [-0.1, -0.05) is 30.3 Å². The van der Waals surface area contributed by atoms with Crippen LogP contribution in [0.1, 0.15) is 34.8 Å². The Morgan fingerprint density at radius 1 is 1.07 bits per heavy atom. The molecule has 1 aliphatic rings. The zero-order valence-corrected chi connectivity index (χ0v) is 16.9. The monoisotopic (exact) mass is 397 g/mol. The molecule has 6 heteroatoms. The second-order valence-corrected chi connectivity index (χ2v) is 7.79. The summed E-state index contributed by atoms with van der Waals surface area (Å²) in [7, 11) is 2.02. The molecule has 4 aromatic rings. The predicted octanol–water partition coefficient (Wildman–Crippen LogP) is 4.05. The smallest absolute Gasteiger partial charge is 0.255 e. The minimum Gasteiger partial charge on any atom is -0.339 e. The van der Waals surface area contributed by atoms with Gasteiger partial charge in [0.05, 0.1) is 23.1 Å². The Morgan fingerprint density at radius 3 is 2.60 bits per heavy atom. The number of hydrogen-bond acceptors (Lipinski definition) is 4. The first kappa shape index (κ1) is 18.5. The molecule has 0 atom stereocenters. The van der Waals surface area contributed by atoms with E-state index in [2.05, 4.69) is 28.2 Å². The summed E-state index contributed by atoms with van der Waals surface area (Å²) in [6.45, 7) is 1.45. The Bertz CT molecular complexity index is 1180. The third-order valence-corrected chi connectivity index (χ3v) is 5.89. The number of benzene rings is 1. The van der Waals surface area contributed by atoms with Gasteiger partial charge in [0, 0.05) is 49.7 Å². The number of carbonyl (C=O) groups excluding carboxylic acids is 1. The Hall–Kier alpha value is -3.54. The summed E-state index contributed by atoms with van der Waals surface area (Å²) in [6.07, 6.45) is 6.97. The van der Waals surface area contributed by atoms with Crippen LogP contribution in [0.5, 0.6) is 0 Å². The summed E-state index contributed by atoms with van der Waals surface area (Å²) in [5.74, 6) is 0.381. The lowest BCUT2D eigenvalue weighted by atomic mass is 9.92. The minimum atomic E-state index is 0.0570. The van der Waals surface area contributed by atoms with E-state index >= 15 is 0 Å². The molecule has 1 saturated heterocycles. The number of nitrogens with zero attached hydrogens (tertiary/aromatic N) is 5. The van der Waals surface area contributed by atoms with Crippen molar-refractivity contribution in [2.24, 2.45) is 7.05 Å². The summed E-state index contributed by atoms with van der Waals surface area (Å²) in [4.78, 5) is 28.4. The van der Waals surface area contributed by atoms with E-state index < -0.39 is 0 Å². The van der Waals surface area contributed by atoms with E-state index in [0.29, 0.717) is 11.5 Å². The maximum Gasteiger partial charge on any atom is 0.255 e. The number of aromatic nitrogens is 4. The average molecular weight is 397 g/mol. The van der Waals surface area contributed by atoms with E-state index in [1.54, 1.807) is 18.5 Å². The summed E-state index contributed by atoms with van der Waals surface area (Å²) in [6, 6.07) is 16.0. The summed E-state index contributed by atoms with van der Waals surface area (Å²) >= 11 is 0. The van der Waals surface area contributed by atoms with Crippen LogP contribution in [0.3, 0.4) is 0 Å². The first-order valence-corrected chi connectivity index (χ1v) is 10.3. The molecule has 3 aromatic heterocycles. The third-order valence-electron chi connectivity index (χ3n) is 5.89. The zero-order chi connectivity index (χ0) is 20.5. The quantitative estimate of drug-likeness (QED) is 0.523. The molecule has 1 amide bonds. The number of carbonyl (C=O) groups is 1. The van der Waals surface area contributed by atoms with Gasteiger partial charge in [-0.3, -0.25) is 14.8 Å². The van der Waals surface area contributed by atoms with Crippen LogP contribution < -0.4 is 0 Å². The van der Waals surface area contributed by atoms with E-state index in [1.807, 2.05) is 47.1 Å². The van der Waals surface area contributed by atoms with E-state index in [-0.39, 0.29) is 5.91 Å². The number of aryl methyl sites for hydroxylation is 1. The fourth-order valence-corrected chi connectivity index (χ4v) is 4.20. The van der Waals surface area contributed by atoms with E-state index in [1.165, 1.54) is 0 Å². The van der Waals surface area contributed by atoms with E-state index in [4.69, 9.17) is 4.98 Å². The van der Waals surface area contributed by atoms with E-state index in [0.717, 1.165) is 53.9 Å². The topological polar surface area (TPSA) is 63.9 Å². The number of amides is 1. The molecule has 0 bridgehead atoms. The maximum absolute atomic E-state index is 12.7. The molecule has 0 N–H and O–H groups in total. The number of rotatable bonds is 3. The Morgan fingerprint density at radius 2 is 1.87 bits per heavy atom. The standard InChI is InChI=1S/C24H23N5O/c1-28-16-26-23-21(28)14-20(27-22(23)18-6-3-2-4-7-18)17-9-12-29(13-10-17)24(30)19-8-5-11-25-15-19/h2-8,11,14-17H,9-10,12-13H2,1H3. The Labute approximate surface area is 175 Å². The van der Waals surface area contributed by atoms with Crippen LogP contribution in [0.4, 0.5) is 0 Å². The normalized spacial score (nSPS) is 14.9. The highest BCUT2D eigenvalue weighted by atomic mass is 16.2. The van der Waals surface area contributed by atoms with E-state index in [9.17, 15) is 4.79 Å². The molecule has 30 heavy (non-hydrogen) atoms. The van der Waals surface area contributed by atoms with Gasteiger partial charge in [-0.05, 0) is 31.0 Å². The van der Waals surface area contributed by atoms with Crippen LogP contribution in [-0.4, -0.2) is 43.4 Å². The molecule has 0 spiro atoms. The lowest BCUT2D eigenvalue weighted by Crippen LogP contribution is -2.38. The molecule has 1 aromatic carbocycles.